The van der Waals surface area contributed by atoms with Gasteiger partial charge in [-0.25, -0.2) is 0 Å². The topological polar surface area (TPSA) is 67.0 Å². The van der Waals surface area contributed by atoms with Crippen molar-refractivity contribution >= 4 is 11.8 Å². The van der Waals surface area contributed by atoms with E-state index in [2.05, 4.69) is 46.8 Å². The highest BCUT2D eigenvalue weighted by Gasteiger charge is 2.23. The van der Waals surface area contributed by atoms with Crippen LogP contribution < -0.4 is 4.74 Å². The van der Waals surface area contributed by atoms with E-state index in [-0.39, 0.29) is 6.04 Å². The van der Waals surface area contributed by atoms with Crippen molar-refractivity contribution in [2.24, 2.45) is 0 Å². The summed E-state index contributed by atoms with van der Waals surface area (Å²) >= 11 is 1.61. The van der Waals surface area contributed by atoms with Crippen molar-refractivity contribution in [2.75, 3.05) is 21.2 Å². The normalized spacial score (nSPS) is 12.0. The molecule has 1 unspecified atom stereocenters. The van der Waals surface area contributed by atoms with Crippen LogP contribution in [-0.4, -0.2) is 40.9 Å². The van der Waals surface area contributed by atoms with Gasteiger partial charge < -0.3 is 4.74 Å². The maximum Gasteiger partial charge on any atom is 0.196 e. The average molecular weight is 408 g/mol. The molecular formula is C22H25N5OS. The van der Waals surface area contributed by atoms with Crippen molar-refractivity contribution in [3.8, 4) is 17.5 Å². The van der Waals surface area contributed by atoms with E-state index < -0.39 is 0 Å². The molecule has 0 radical (unpaired) electrons. The maximum atomic E-state index is 9.13. The van der Waals surface area contributed by atoms with E-state index in [9.17, 15) is 0 Å². The van der Waals surface area contributed by atoms with Crippen molar-refractivity contribution in [1.82, 2.24) is 19.7 Å². The molecule has 1 atom stereocenters. The second kappa shape index (κ2) is 9.59. The van der Waals surface area contributed by atoms with Crippen molar-refractivity contribution in [3.63, 3.8) is 0 Å². The molecule has 3 aromatic rings. The maximum absolute atomic E-state index is 9.13. The predicted octanol–water partition coefficient (Wildman–Crippen LogP) is 4.45. The largest absolute Gasteiger partial charge is 0.497 e. The Bertz CT molecular complexity index is 991. The molecule has 0 spiro atoms. The van der Waals surface area contributed by atoms with E-state index in [1.54, 1.807) is 18.9 Å². The zero-order chi connectivity index (χ0) is 20.8. The lowest BCUT2D eigenvalue weighted by Crippen LogP contribution is -2.22. The Morgan fingerprint density at radius 2 is 1.93 bits per heavy atom. The first kappa shape index (κ1) is 20.9. The number of hydrogen-bond acceptors (Lipinski definition) is 6. The van der Waals surface area contributed by atoms with Gasteiger partial charge in [0.15, 0.2) is 11.0 Å². The molecule has 2 aromatic carbocycles. The summed E-state index contributed by atoms with van der Waals surface area (Å²) in [6.45, 7) is 2.15. The van der Waals surface area contributed by atoms with Crippen LogP contribution in [0.15, 0.2) is 53.7 Å². The highest BCUT2D eigenvalue weighted by atomic mass is 32.2. The lowest BCUT2D eigenvalue weighted by molar-refractivity contribution is 0.276. The summed E-state index contributed by atoms with van der Waals surface area (Å²) in [4.78, 5) is 2.16. The minimum absolute atomic E-state index is 0.154. The molecule has 7 heteroatoms. The summed E-state index contributed by atoms with van der Waals surface area (Å²) in [5, 5.41) is 19.0. The van der Waals surface area contributed by atoms with Crippen LogP contribution in [0.1, 0.15) is 36.3 Å². The fourth-order valence-electron chi connectivity index (χ4n) is 3.22. The molecule has 0 bridgehead atoms. The summed E-state index contributed by atoms with van der Waals surface area (Å²) in [5.41, 5.74) is 2.75. The van der Waals surface area contributed by atoms with Gasteiger partial charge in [0.25, 0.3) is 0 Å². The summed E-state index contributed by atoms with van der Waals surface area (Å²) < 4.78 is 7.42. The molecular weight excluding hydrogens is 382 g/mol. The summed E-state index contributed by atoms with van der Waals surface area (Å²) in [6.07, 6.45) is 0.927. The third kappa shape index (κ3) is 4.78. The Balaban J connectivity index is 1.97. The van der Waals surface area contributed by atoms with Gasteiger partial charge in [0.2, 0.25) is 0 Å². The van der Waals surface area contributed by atoms with Gasteiger partial charge in [0, 0.05) is 11.4 Å². The molecule has 0 N–H and O–H groups in total. The van der Waals surface area contributed by atoms with Gasteiger partial charge in [0.1, 0.15) is 5.75 Å². The van der Waals surface area contributed by atoms with Crippen LogP contribution in [0, 0.1) is 11.3 Å². The standard InChI is InChI=1S/C22H25N5OS/c1-5-20(26(2)3)21-24-25-22(27(21)18-9-11-19(28-4)12-10-18)29-15-17-8-6-7-16(13-17)14-23/h6-13,20H,5,15H2,1-4H3. The molecule has 29 heavy (non-hydrogen) atoms. The zero-order valence-electron chi connectivity index (χ0n) is 17.2. The number of rotatable bonds is 8. The molecule has 3 rings (SSSR count). The Morgan fingerprint density at radius 3 is 2.55 bits per heavy atom. The zero-order valence-corrected chi connectivity index (χ0v) is 18.0. The van der Waals surface area contributed by atoms with Gasteiger partial charge >= 0.3 is 0 Å². The number of benzene rings is 2. The molecule has 1 heterocycles. The van der Waals surface area contributed by atoms with Crippen LogP contribution in [0.2, 0.25) is 0 Å². The molecule has 0 fully saturated rings. The number of nitrogens with zero attached hydrogens (tertiary/aromatic N) is 5. The van der Waals surface area contributed by atoms with Gasteiger partial charge in [-0.2, -0.15) is 5.26 Å². The number of hydrogen-bond donors (Lipinski definition) is 0. The second-order valence-electron chi connectivity index (χ2n) is 6.86. The Morgan fingerprint density at radius 1 is 1.17 bits per heavy atom. The van der Waals surface area contributed by atoms with Crippen LogP contribution in [0.3, 0.4) is 0 Å². The second-order valence-corrected chi connectivity index (χ2v) is 7.81. The van der Waals surface area contributed by atoms with Crippen molar-refractivity contribution < 1.29 is 4.74 Å². The van der Waals surface area contributed by atoms with E-state index in [0.29, 0.717) is 11.3 Å². The molecule has 0 aliphatic carbocycles. The fraction of sp³-hybridized carbons (Fsp3) is 0.318. The summed E-state index contributed by atoms with van der Waals surface area (Å²) in [7, 11) is 5.78. The summed E-state index contributed by atoms with van der Waals surface area (Å²) in [5.74, 6) is 2.43. The monoisotopic (exact) mass is 407 g/mol. The first-order valence-corrected chi connectivity index (χ1v) is 10.4. The van der Waals surface area contributed by atoms with Gasteiger partial charge in [-0.1, -0.05) is 30.8 Å². The van der Waals surface area contributed by atoms with E-state index in [0.717, 1.165) is 34.4 Å². The minimum Gasteiger partial charge on any atom is -0.497 e. The van der Waals surface area contributed by atoms with Crippen molar-refractivity contribution in [2.45, 2.75) is 30.3 Å². The molecule has 0 aliphatic rings. The van der Waals surface area contributed by atoms with E-state index >= 15 is 0 Å². The molecule has 0 saturated carbocycles. The lowest BCUT2D eigenvalue weighted by Gasteiger charge is -2.23. The molecule has 0 saturated heterocycles. The van der Waals surface area contributed by atoms with Crippen LogP contribution in [0.4, 0.5) is 0 Å². The quantitative estimate of drug-likeness (QED) is 0.514. The Kier molecular flexibility index (Phi) is 6.91. The highest BCUT2D eigenvalue weighted by molar-refractivity contribution is 7.98. The first-order chi connectivity index (χ1) is 14.1. The third-order valence-corrected chi connectivity index (χ3v) is 5.72. The first-order valence-electron chi connectivity index (χ1n) is 9.45. The van der Waals surface area contributed by atoms with Crippen LogP contribution in [0.5, 0.6) is 5.75 Å². The van der Waals surface area contributed by atoms with Gasteiger partial charge in [-0.15, -0.1) is 10.2 Å². The van der Waals surface area contributed by atoms with Crippen LogP contribution >= 0.6 is 11.8 Å². The Labute approximate surface area is 176 Å². The predicted molar refractivity (Wildman–Crippen MR) is 115 cm³/mol. The van der Waals surface area contributed by atoms with Crippen LogP contribution in [-0.2, 0) is 5.75 Å². The summed E-state index contributed by atoms with van der Waals surface area (Å²) in [6, 6.07) is 17.9. The molecule has 1 aromatic heterocycles. The molecule has 150 valence electrons. The van der Waals surface area contributed by atoms with E-state index in [1.165, 1.54) is 0 Å². The number of aromatic nitrogens is 3. The number of ether oxygens (including phenoxy) is 1. The van der Waals surface area contributed by atoms with Crippen LogP contribution in [0.25, 0.3) is 5.69 Å². The van der Waals surface area contributed by atoms with Crippen molar-refractivity contribution in [3.05, 3.63) is 65.5 Å². The fourth-order valence-corrected chi connectivity index (χ4v) is 4.12. The van der Waals surface area contributed by atoms with Gasteiger partial charge in [0.05, 0.1) is 24.8 Å². The Hall–Kier alpha value is -2.82. The van der Waals surface area contributed by atoms with E-state index in [4.69, 9.17) is 10.00 Å². The third-order valence-electron chi connectivity index (χ3n) is 4.72. The van der Waals surface area contributed by atoms with Crippen molar-refractivity contribution in [1.29, 1.82) is 5.26 Å². The number of methoxy groups -OCH3 is 1. The highest BCUT2D eigenvalue weighted by Crippen LogP contribution is 2.30. The van der Waals surface area contributed by atoms with Gasteiger partial charge in [-0.05, 0) is 62.5 Å². The SMILES string of the molecule is CCC(c1nnc(SCc2cccc(C#N)c2)n1-c1ccc(OC)cc1)N(C)C. The smallest absolute Gasteiger partial charge is 0.196 e. The molecule has 6 nitrogen and oxygen atoms in total. The molecule has 0 amide bonds. The lowest BCUT2D eigenvalue weighted by atomic mass is 10.2. The molecule has 0 aliphatic heterocycles. The number of thioether (sulfide) groups is 1. The number of nitriles is 1. The van der Waals surface area contributed by atoms with Gasteiger partial charge in [-0.3, -0.25) is 9.47 Å². The van der Waals surface area contributed by atoms with E-state index in [1.807, 2.05) is 48.5 Å². The minimum atomic E-state index is 0.154. The average Bonchev–Trinajstić information content (AvgIpc) is 3.16.